The van der Waals surface area contributed by atoms with Gasteiger partial charge in [0.05, 0.1) is 18.5 Å². The number of nitrogens with zero attached hydrogens (tertiary/aromatic N) is 2. The molecule has 6 nitrogen and oxygen atoms in total. The van der Waals surface area contributed by atoms with Gasteiger partial charge in [0, 0.05) is 17.7 Å². The van der Waals surface area contributed by atoms with E-state index < -0.39 is 6.10 Å². The maximum absolute atomic E-state index is 12.8. The lowest BCUT2D eigenvalue weighted by Crippen LogP contribution is -2.28. The van der Waals surface area contributed by atoms with Crippen molar-refractivity contribution >= 4 is 16.7 Å². The summed E-state index contributed by atoms with van der Waals surface area (Å²) in [6.07, 6.45) is 2.40. The minimum atomic E-state index is -0.917. The van der Waals surface area contributed by atoms with Gasteiger partial charge in [0.2, 0.25) is 0 Å². The summed E-state index contributed by atoms with van der Waals surface area (Å²) in [6.45, 7) is 0.0344. The summed E-state index contributed by atoms with van der Waals surface area (Å²) in [4.78, 5) is 12.8. The molecule has 0 aliphatic rings. The molecule has 0 radical (unpaired) electrons. The molecule has 29 heavy (non-hydrogen) atoms. The molecule has 1 amide bonds. The van der Waals surface area contributed by atoms with Crippen LogP contribution in [-0.2, 0) is 0 Å². The quantitative estimate of drug-likeness (QED) is 0.489. The molecule has 4 aromatic rings. The predicted octanol–water partition coefficient (Wildman–Crippen LogP) is 3.47. The van der Waals surface area contributed by atoms with Crippen molar-refractivity contribution in [3.05, 3.63) is 90.3 Å². The molecule has 3 aromatic carbocycles. The van der Waals surface area contributed by atoms with Crippen LogP contribution in [0.15, 0.2) is 79.1 Å². The number of aliphatic hydroxyl groups excluding tert-OH is 1. The van der Waals surface area contributed by atoms with Gasteiger partial charge in [0.25, 0.3) is 5.91 Å². The van der Waals surface area contributed by atoms with E-state index in [0.717, 1.165) is 21.9 Å². The van der Waals surface area contributed by atoms with Crippen LogP contribution in [0.2, 0.25) is 0 Å². The van der Waals surface area contributed by atoms with E-state index in [1.165, 1.54) is 12.1 Å². The highest BCUT2D eigenvalue weighted by molar-refractivity contribution is 6.10. The van der Waals surface area contributed by atoms with Crippen molar-refractivity contribution < 1.29 is 15.0 Å². The van der Waals surface area contributed by atoms with Crippen LogP contribution in [-0.4, -0.2) is 32.9 Å². The van der Waals surface area contributed by atoms with Crippen molar-refractivity contribution in [1.29, 1.82) is 0 Å². The second-order valence-electron chi connectivity index (χ2n) is 6.66. The number of amides is 1. The zero-order valence-electron chi connectivity index (χ0n) is 15.5. The molecular formula is C23H19N3O3. The van der Waals surface area contributed by atoms with E-state index in [1.54, 1.807) is 30.6 Å². The number of phenolic OH excluding ortho intramolecular Hbond substituents is 1. The molecule has 0 aliphatic heterocycles. The minimum Gasteiger partial charge on any atom is -0.508 e. The first kappa shape index (κ1) is 18.6. The monoisotopic (exact) mass is 385 g/mol. The third-order valence-electron chi connectivity index (χ3n) is 4.77. The second kappa shape index (κ2) is 8.08. The van der Waals surface area contributed by atoms with Crippen LogP contribution >= 0.6 is 0 Å². The lowest BCUT2D eigenvalue weighted by atomic mass is 9.95. The Morgan fingerprint density at radius 3 is 2.55 bits per heavy atom. The number of aromatic hydroxyl groups is 1. The van der Waals surface area contributed by atoms with Crippen molar-refractivity contribution in [3.8, 4) is 16.9 Å². The largest absolute Gasteiger partial charge is 0.508 e. The molecule has 1 unspecified atom stereocenters. The number of hydrogen-bond donors (Lipinski definition) is 3. The normalized spacial score (nSPS) is 11.9. The van der Waals surface area contributed by atoms with Crippen molar-refractivity contribution in [2.24, 2.45) is 0 Å². The molecule has 0 saturated heterocycles. The molecule has 1 aromatic heterocycles. The number of hydrogen-bond acceptors (Lipinski definition) is 5. The average molecular weight is 385 g/mol. The van der Waals surface area contributed by atoms with Crippen LogP contribution in [0.4, 0.5) is 0 Å². The molecule has 1 heterocycles. The number of carbonyl (C=O) groups is 1. The fourth-order valence-electron chi connectivity index (χ4n) is 3.33. The fourth-order valence-corrected chi connectivity index (χ4v) is 3.33. The molecule has 1 atom stereocenters. The van der Waals surface area contributed by atoms with Gasteiger partial charge >= 0.3 is 0 Å². The Hall–Kier alpha value is -3.77. The number of phenols is 1. The summed E-state index contributed by atoms with van der Waals surface area (Å²) in [5.41, 5.74) is 2.94. The molecule has 0 fully saturated rings. The molecule has 6 heteroatoms. The van der Waals surface area contributed by atoms with Crippen LogP contribution in [0, 0.1) is 0 Å². The number of aromatic nitrogens is 2. The summed E-state index contributed by atoms with van der Waals surface area (Å²) in [7, 11) is 0. The molecular weight excluding hydrogens is 366 g/mol. The topological polar surface area (TPSA) is 95.3 Å². The minimum absolute atomic E-state index is 0.0344. The van der Waals surface area contributed by atoms with Gasteiger partial charge in [-0.05, 0) is 46.2 Å². The first-order valence-corrected chi connectivity index (χ1v) is 9.17. The van der Waals surface area contributed by atoms with Gasteiger partial charge < -0.3 is 15.5 Å². The van der Waals surface area contributed by atoms with Crippen LogP contribution in [0.25, 0.3) is 21.9 Å². The van der Waals surface area contributed by atoms with Gasteiger partial charge in [0.1, 0.15) is 5.75 Å². The Morgan fingerprint density at radius 2 is 1.79 bits per heavy atom. The fraction of sp³-hybridized carbons (Fsp3) is 0.0870. The number of carbonyl (C=O) groups excluding carboxylic acids is 1. The Bertz CT molecular complexity index is 1160. The van der Waals surface area contributed by atoms with E-state index in [9.17, 15) is 15.0 Å². The van der Waals surface area contributed by atoms with Crippen molar-refractivity contribution in [2.45, 2.75) is 6.10 Å². The number of fused-ring (bicyclic) bond motifs is 1. The Kier molecular flexibility index (Phi) is 5.18. The number of benzene rings is 3. The molecule has 4 rings (SSSR count). The number of aliphatic hydroxyl groups is 1. The first-order chi connectivity index (χ1) is 14.1. The summed E-state index contributed by atoms with van der Waals surface area (Å²) < 4.78 is 0. The van der Waals surface area contributed by atoms with Gasteiger partial charge in [0.15, 0.2) is 0 Å². The summed E-state index contributed by atoms with van der Waals surface area (Å²) in [5, 5.41) is 32.1. The highest BCUT2D eigenvalue weighted by Crippen LogP contribution is 2.30. The second-order valence-corrected chi connectivity index (χ2v) is 6.66. The van der Waals surface area contributed by atoms with E-state index in [2.05, 4.69) is 15.5 Å². The summed E-state index contributed by atoms with van der Waals surface area (Å²) >= 11 is 0. The summed E-state index contributed by atoms with van der Waals surface area (Å²) in [6, 6.07) is 19.6. The van der Waals surface area contributed by atoms with Crippen LogP contribution in [0.3, 0.4) is 0 Å². The average Bonchev–Trinajstić information content (AvgIpc) is 2.77. The Labute approximate surface area is 167 Å². The number of nitrogens with one attached hydrogen (secondary N) is 1. The van der Waals surface area contributed by atoms with Crippen molar-refractivity contribution in [3.63, 3.8) is 0 Å². The van der Waals surface area contributed by atoms with Crippen molar-refractivity contribution in [2.75, 3.05) is 6.54 Å². The predicted molar refractivity (Wildman–Crippen MR) is 110 cm³/mol. The van der Waals surface area contributed by atoms with E-state index in [1.807, 2.05) is 36.4 Å². The Morgan fingerprint density at radius 1 is 0.966 bits per heavy atom. The van der Waals surface area contributed by atoms with Gasteiger partial charge in [-0.2, -0.15) is 10.2 Å². The van der Waals surface area contributed by atoms with E-state index in [4.69, 9.17) is 0 Å². The molecule has 0 aliphatic carbocycles. The van der Waals surface area contributed by atoms with Gasteiger partial charge in [-0.1, -0.05) is 42.5 Å². The third kappa shape index (κ3) is 3.93. The van der Waals surface area contributed by atoms with Gasteiger partial charge in [-0.3, -0.25) is 4.79 Å². The molecule has 0 bridgehead atoms. The maximum Gasteiger partial charge on any atom is 0.252 e. The van der Waals surface area contributed by atoms with Gasteiger partial charge in [-0.25, -0.2) is 0 Å². The molecule has 0 spiro atoms. The summed E-state index contributed by atoms with van der Waals surface area (Å²) in [5.74, 6) is -0.208. The lowest BCUT2D eigenvalue weighted by molar-refractivity contribution is 0.0918. The van der Waals surface area contributed by atoms with Crippen LogP contribution < -0.4 is 5.32 Å². The zero-order valence-corrected chi connectivity index (χ0v) is 15.5. The SMILES string of the molecule is O=C(NCC(O)c1cccc(O)c1)c1ccc(-c2ccnnc2)c2ccccc12. The van der Waals surface area contributed by atoms with E-state index in [-0.39, 0.29) is 18.2 Å². The highest BCUT2D eigenvalue weighted by atomic mass is 16.3. The smallest absolute Gasteiger partial charge is 0.252 e. The van der Waals surface area contributed by atoms with E-state index >= 15 is 0 Å². The van der Waals surface area contributed by atoms with Crippen molar-refractivity contribution in [1.82, 2.24) is 15.5 Å². The third-order valence-corrected chi connectivity index (χ3v) is 4.77. The van der Waals surface area contributed by atoms with Crippen LogP contribution in [0.1, 0.15) is 22.0 Å². The Balaban J connectivity index is 1.60. The molecule has 144 valence electrons. The maximum atomic E-state index is 12.8. The zero-order chi connectivity index (χ0) is 20.2. The lowest BCUT2D eigenvalue weighted by Gasteiger charge is -2.14. The first-order valence-electron chi connectivity index (χ1n) is 9.17. The molecule has 3 N–H and O–H groups in total. The van der Waals surface area contributed by atoms with E-state index in [0.29, 0.717) is 11.1 Å². The number of rotatable bonds is 5. The van der Waals surface area contributed by atoms with Gasteiger partial charge in [-0.15, -0.1) is 0 Å². The standard InChI is InChI=1S/C23H19N3O3/c27-17-5-3-4-15(12-17)22(28)14-24-23(29)21-9-8-18(16-10-11-25-26-13-16)19-6-1-2-7-20(19)21/h1-13,22,27-28H,14H2,(H,24,29). The molecule has 0 saturated carbocycles. The highest BCUT2D eigenvalue weighted by Gasteiger charge is 2.15. The van der Waals surface area contributed by atoms with Crippen LogP contribution in [0.5, 0.6) is 5.75 Å².